The van der Waals surface area contributed by atoms with Crippen LogP contribution in [0.3, 0.4) is 0 Å². The number of aromatic nitrogens is 1. The molecule has 0 bridgehead atoms. The van der Waals surface area contributed by atoms with E-state index < -0.39 is 41.3 Å². The summed E-state index contributed by atoms with van der Waals surface area (Å²) in [5, 5.41) is 24.3. The van der Waals surface area contributed by atoms with Gasteiger partial charge < -0.3 is 26.1 Å². The quantitative estimate of drug-likeness (QED) is 0.229. The van der Waals surface area contributed by atoms with E-state index in [1.165, 1.54) is 23.6 Å². The number of β-lactam (4-membered cyclic amide) rings is 1. The molecular formula is C18H21N5O7S2. The minimum absolute atomic E-state index is 0.0534. The van der Waals surface area contributed by atoms with Crippen LogP contribution in [0.2, 0.25) is 0 Å². The average Bonchev–Trinajstić information content (AvgIpc) is 3.07. The van der Waals surface area contributed by atoms with Gasteiger partial charge in [0.15, 0.2) is 10.8 Å². The van der Waals surface area contributed by atoms with Crippen LogP contribution in [0.1, 0.15) is 30.8 Å². The number of carboxylic acids is 2. The molecule has 14 heteroatoms. The molecule has 5 N–H and O–H groups in total. The number of hydrogen-bond acceptors (Lipinski definition) is 10. The number of oxime groups is 1. The second-order valence-corrected chi connectivity index (χ2v) is 9.29. The average molecular weight is 484 g/mol. The molecular weight excluding hydrogens is 462 g/mol. The number of nitrogens with two attached hydrogens (primary N) is 1. The number of aliphatic carboxylic acids is 2. The molecule has 3 rings (SSSR count). The monoisotopic (exact) mass is 483 g/mol. The van der Waals surface area contributed by atoms with Gasteiger partial charge in [-0.3, -0.25) is 14.5 Å². The van der Waals surface area contributed by atoms with Crippen molar-refractivity contribution < 1.29 is 34.2 Å². The van der Waals surface area contributed by atoms with Crippen LogP contribution in [0, 0.1) is 6.92 Å². The molecule has 0 saturated carbocycles. The Balaban J connectivity index is 1.85. The number of aryl methyl sites for hydroxylation is 1. The van der Waals surface area contributed by atoms with E-state index in [1.807, 2.05) is 6.92 Å². The van der Waals surface area contributed by atoms with Gasteiger partial charge in [-0.2, -0.15) is 0 Å². The number of nitrogens with one attached hydrogen (secondary N) is 1. The van der Waals surface area contributed by atoms with E-state index in [4.69, 9.17) is 15.7 Å². The zero-order chi connectivity index (χ0) is 23.7. The number of rotatable bonds is 8. The Bertz CT molecular complexity index is 1050. The highest BCUT2D eigenvalue weighted by Crippen LogP contribution is 2.41. The van der Waals surface area contributed by atoms with Gasteiger partial charge in [0.25, 0.3) is 11.8 Å². The number of thiazole rings is 1. The van der Waals surface area contributed by atoms with E-state index >= 15 is 0 Å². The van der Waals surface area contributed by atoms with Crippen LogP contribution < -0.4 is 11.1 Å². The third kappa shape index (κ3) is 4.27. The van der Waals surface area contributed by atoms with Gasteiger partial charge in [0.1, 0.15) is 22.8 Å². The summed E-state index contributed by atoms with van der Waals surface area (Å²) < 4.78 is 0. The largest absolute Gasteiger partial charge is 0.478 e. The highest BCUT2D eigenvalue weighted by atomic mass is 32.2. The summed E-state index contributed by atoms with van der Waals surface area (Å²) in [4.78, 5) is 59.1. The van der Waals surface area contributed by atoms with Crippen molar-refractivity contribution in [3.63, 3.8) is 0 Å². The maximum atomic E-state index is 13.0. The van der Waals surface area contributed by atoms with Gasteiger partial charge in [-0.05, 0) is 25.8 Å². The molecule has 2 aliphatic heterocycles. The summed E-state index contributed by atoms with van der Waals surface area (Å²) in [5.41, 5.74) is 6.05. The molecule has 2 amide bonds. The second kappa shape index (κ2) is 9.16. The fourth-order valence-electron chi connectivity index (χ4n) is 3.17. The van der Waals surface area contributed by atoms with Crippen molar-refractivity contribution in [1.29, 1.82) is 0 Å². The smallest absolute Gasteiger partial charge is 0.352 e. The van der Waals surface area contributed by atoms with Crippen molar-refractivity contribution in [2.45, 2.75) is 44.7 Å². The van der Waals surface area contributed by atoms with Gasteiger partial charge >= 0.3 is 11.9 Å². The number of hydrogen-bond donors (Lipinski definition) is 4. The van der Waals surface area contributed by atoms with Crippen LogP contribution in [0.25, 0.3) is 0 Å². The SMILES string of the molecule is CCC1=C(C(=O)O)N2C(=O)C(NC(=O)/C(=N/O[C@@H](C)C(=O)O)c3nc(N)sc3C)C2SC1. The van der Waals surface area contributed by atoms with Gasteiger partial charge in [0.05, 0.1) is 0 Å². The first-order chi connectivity index (χ1) is 15.1. The Hall–Kier alpha value is -3.13. The van der Waals surface area contributed by atoms with E-state index in [2.05, 4.69) is 15.5 Å². The normalized spacial score (nSPS) is 21.5. The predicted molar refractivity (Wildman–Crippen MR) is 116 cm³/mol. The zero-order valence-electron chi connectivity index (χ0n) is 17.3. The lowest BCUT2D eigenvalue weighted by molar-refractivity contribution is -0.150. The summed E-state index contributed by atoms with van der Waals surface area (Å²) >= 11 is 2.45. The number of nitrogens with zero attached hydrogens (tertiary/aromatic N) is 3. The molecule has 172 valence electrons. The molecule has 0 aromatic carbocycles. The van der Waals surface area contributed by atoms with Crippen molar-refractivity contribution in [3.05, 3.63) is 21.8 Å². The van der Waals surface area contributed by atoms with Crippen LogP contribution >= 0.6 is 23.1 Å². The van der Waals surface area contributed by atoms with Gasteiger partial charge in [-0.15, -0.1) is 23.1 Å². The maximum absolute atomic E-state index is 13.0. The number of carboxylic acid groups (broad SMARTS) is 2. The van der Waals surface area contributed by atoms with Crippen molar-refractivity contribution in [1.82, 2.24) is 15.2 Å². The van der Waals surface area contributed by atoms with Gasteiger partial charge in [-0.25, -0.2) is 14.6 Å². The Morgan fingerprint density at radius 1 is 1.41 bits per heavy atom. The zero-order valence-corrected chi connectivity index (χ0v) is 19.0. The number of anilines is 1. The van der Waals surface area contributed by atoms with E-state index in [0.29, 0.717) is 22.6 Å². The molecule has 1 aromatic rings. The number of carbonyl (C=O) groups excluding carboxylic acids is 2. The molecule has 1 saturated heterocycles. The highest BCUT2D eigenvalue weighted by Gasteiger charge is 2.54. The lowest BCUT2D eigenvalue weighted by Crippen LogP contribution is -2.71. The van der Waals surface area contributed by atoms with Crippen LogP contribution in [0.15, 0.2) is 16.4 Å². The minimum atomic E-state index is -1.33. The summed E-state index contributed by atoms with van der Waals surface area (Å²) in [6.45, 7) is 4.70. The number of carbonyl (C=O) groups is 4. The van der Waals surface area contributed by atoms with Crippen LogP contribution in [0.4, 0.5) is 5.13 Å². The van der Waals surface area contributed by atoms with Crippen molar-refractivity contribution in [2.75, 3.05) is 11.5 Å². The minimum Gasteiger partial charge on any atom is -0.478 e. The van der Waals surface area contributed by atoms with Gasteiger partial charge in [0, 0.05) is 10.6 Å². The molecule has 1 aromatic heterocycles. The molecule has 32 heavy (non-hydrogen) atoms. The third-order valence-electron chi connectivity index (χ3n) is 4.87. The lowest BCUT2D eigenvalue weighted by Gasteiger charge is -2.49. The summed E-state index contributed by atoms with van der Waals surface area (Å²) in [5.74, 6) is -3.45. The maximum Gasteiger partial charge on any atom is 0.352 e. The number of thioether (sulfide) groups is 1. The first-order valence-electron chi connectivity index (χ1n) is 9.47. The summed E-state index contributed by atoms with van der Waals surface area (Å²) in [6, 6.07) is -0.987. The van der Waals surface area contributed by atoms with Gasteiger partial charge in [0.2, 0.25) is 6.10 Å². The van der Waals surface area contributed by atoms with E-state index in [0.717, 1.165) is 11.3 Å². The first kappa shape index (κ1) is 23.5. The van der Waals surface area contributed by atoms with Crippen molar-refractivity contribution >= 4 is 57.7 Å². The highest BCUT2D eigenvalue weighted by molar-refractivity contribution is 8.00. The van der Waals surface area contributed by atoms with Crippen LogP contribution in [-0.4, -0.2) is 72.8 Å². The van der Waals surface area contributed by atoms with Gasteiger partial charge in [-0.1, -0.05) is 12.1 Å². The first-order valence-corrected chi connectivity index (χ1v) is 11.3. The Labute approximate surface area is 190 Å². The molecule has 1 fully saturated rings. The molecule has 2 unspecified atom stereocenters. The van der Waals surface area contributed by atoms with E-state index in [-0.39, 0.29) is 22.2 Å². The van der Waals surface area contributed by atoms with Crippen LogP contribution in [0.5, 0.6) is 0 Å². The molecule has 0 aliphatic carbocycles. The Morgan fingerprint density at radius 3 is 2.62 bits per heavy atom. The molecule has 12 nitrogen and oxygen atoms in total. The standard InChI is InChI=1S/C18H21N5O7S2/c1-4-8-5-31-15-11(14(25)23(15)12(8)17(28)29)20-13(24)10(22-30-6(2)16(26)27)9-7(3)32-18(19)21-9/h6,11,15H,4-5H2,1-3H3,(H2,19,21)(H,20,24)(H,26,27)(H,28,29)/b22-10+/t6-,11?,15?/m0/s1. The fourth-order valence-corrected chi connectivity index (χ4v) is 5.31. The molecule has 2 aliphatic rings. The topological polar surface area (TPSA) is 185 Å². The second-order valence-electron chi connectivity index (χ2n) is 6.95. The Morgan fingerprint density at radius 2 is 2.09 bits per heavy atom. The van der Waals surface area contributed by atoms with Crippen molar-refractivity contribution in [2.24, 2.45) is 5.16 Å². The van der Waals surface area contributed by atoms with E-state index in [9.17, 15) is 24.3 Å². The summed E-state index contributed by atoms with van der Waals surface area (Å²) in [7, 11) is 0. The predicted octanol–water partition coefficient (Wildman–Crippen LogP) is 0.376. The lowest BCUT2D eigenvalue weighted by atomic mass is 10.0. The van der Waals surface area contributed by atoms with E-state index in [1.54, 1.807) is 6.92 Å². The molecule has 0 radical (unpaired) electrons. The molecule has 0 spiro atoms. The van der Waals surface area contributed by atoms with Crippen LogP contribution in [-0.2, 0) is 24.0 Å². The summed E-state index contributed by atoms with van der Waals surface area (Å²) in [6.07, 6.45) is -0.845. The number of fused-ring (bicyclic) bond motifs is 1. The van der Waals surface area contributed by atoms with Crippen molar-refractivity contribution in [3.8, 4) is 0 Å². The molecule has 3 heterocycles. The fraction of sp³-hybridized carbons (Fsp3) is 0.444. The number of nitrogen functional groups attached to an aromatic ring is 1. The number of amides is 2. The Kier molecular flexibility index (Phi) is 6.74. The molecule has 3 atom stereocenters. The third-order valence-corrected chi connectivity index (χ3v) is 7.01.